The highest BCUT2D eigenvalue weighted by Crippen LogP contribution is 2.39. The van der Waals surface area contributed by atoms with Crippen molar-refractivity contribution >= 4 is 10.0 Å². The summed E-state index contributed by atoms with van der Waals surface area (Å²) in [5.41, 5.74) is -8.63. The summed E-state index contributed by atoms with van der Waals surface area (Å²) >= 11 is 0. The summed E-state index contributed by atoms with van der Waals surface area (Å²) in [4.78, 5) is 20.2. The zero-order chi connectivity index (χ0) is 32.0. The molecule has 0 fully saturated rings. The van der Waals surface area contributed by atoms with E-state index in [4.69, 9.17) is 0 Å². The lowest BCUT2D eigenvalue weighted by atomic mass is 10.0. The normalized spacial score (nSPS) is 12.9. The van der Waals surface area contributed by atoms with Gasteiger partial charge in [-0.2, -0.15) is 39.5 Å². The molecule has 0 aliphatic carbocycles. The van der Waals surface area contributed by atoms with Crippen molar-refractivity contribution in [3.05, 3.63) is 99.2 Å². The smallest absolute Gasteiger partial charge is 0.306 e. The molecular weight excluding hydrogens is 626 g/mol. The number of aromatic amines is 1. The summed E-state index contributed by atoms with van der Waals surface area (Å²) in [6, 6.07) is 5.89. The van der Waals surface area contributed by atoms with Gasteiger partial charge in [0.15, 0.2) is 0 Å². The standard InChI is InChI=1S/C25H14F10N4O3S/c26-21-12(10-37-43(41,42)18-4-2-1-3-14(18)24(30,31)32)5-7-15(25(33,34)35)20(21)22-38-17(9-19(40)39-22)16-8-6-13(11-36-16)23(27,28)29/h1-9,11,37H,10H2,(H,38,39,40). The van der Waals surface area contributed by atoms with Gasteiger partial charge in [-0.15, -0.1) is 0 Å². The van der Waals surface area contributed by atoms with Crippen LogP contribution in [0.25, 0.3) is 22.8 Å². The highest BCUT2D eigenvalue weighted by molar-refractivity contribution is 7.89. The van der Waals surface area contributed by atoms with Gasteiger partial charge >= 0.3 is 18.5 Å². The van der Waals surface area contributed by atoms with Crippen LogP contribution in [-0.4, -0.2) is 23.4 Å². The maximum Gasteiger partial charge on any atom is 0.417 e. The molecule has 0 bridgehead atoms. The van der Waals surface area contributed by atoms with E-state index in [9.17, 15) is 52.7 Å². The number of pyridine rings is 1. The number of sulfonamides is 1. The van der Waals surface area contributed by atoms with Gasteiger partial charge in [-0.05, 0) is 30.3 Å². The molecule has 0 spiro atoms. The average molecular weight is 640 g/mol. The molecule has 0 amide bonds. The van der Waals surface area contributed by atoms with E-state index >= 15 is 4.39 Å². The lowest BCUT2D eigenvalue weighted by molar-refractivity contribution is -0.140. The maximum atomic E-state index is 15.6. The first-order chi connectivity index (χ1) is 19.8. The zero-order valence-electron chi connectivity index (χ0n) is 20.8. The van der Waals surface area contributed by atoms with Gasteiger partial charge in [-0.1, -0.05) is 18.2 Å². The summed E-state index contributed by atoms with van der Waals surface area (Å²) in [7, 11) is -4.99. The Morgan fingerprint density at radius 1 is 0.791 bits per heavy atom. The predicted molar refractivity (Wildman–Crippen MR) is 129 cm³/mol. The van der Waals surface area contributed by atoms with Gasteiger partial charge in [0.2, 0.25) is 10.0 Å². The van der Waals surface area contributed by atoms with Gasteiger partial charge in [0.1, 0.15) is 11.6 Å². The fourth-order valence-corrected chi connectivity index (χ4v) is 5.06. The van der Waals surface area contributed by atoms with Gasteiger partial charge in [-0.25, -0.2) is 22.5 Å². The minimum atomic E-state index is -5.26. The monoisotopic (exact) mass is 640 g/mol. The molecule has 4 aromatic rings. The Morgan fingerprint density at radius 2 is 1.44 bits per heavy atom. The Labute approximate surface area is 234 Å². The van der Waals surface area contributed by atoms with Crippen molar-refractivity contribution in [1.82, 2.24) is 19.7 Å². The van der Waals surface area contributed by atoms with Crippen molar-refractivity contribution < 1.29 is 52.3 Å². The third-order valence-corrected chi connectivity index (χ3v) is 7.25. The first-order valence-corrected chi connectivity index (χ1v) is 13.0. The molecule has 0 saturated heterocycles. The van der Waals surface area contributed by atoms with Crippen LogP contribution in [0.4, 0.5) is 43.9 Å². The molecule has 0 unspecified atom stereocenters. The highest BCUT2D eigenvalue weighted by Gasteiger charge is 2.38. The van der Waals surface area contributed by atoms with Crippen LogP contribution in [0.5, 0.6) is 0 Å². The number of halogens is 10. The Bertz CT molecular complexity index is 1830. The van der Waals surface area contributed by atoms with Crippen molar-refractivity contribution in [3.8, 4) is 22.8 Å². The fraction of sp³-hybridized carbons (Fsp3) is 0.160. The summed E-state index contributed by atoms with van der Waals surface area (Å²) in [6.45, 7) is -1.13. The van der Waals surface area contributed by atoms with E-state index in [2.05, 4.69) is 9.97 Å². The van der Waals surface area contributed by atoms with Gasteiger partial charge in [0.25, 0.3) is 5.56 Å². The van der Waals surface area contributed by atoms with Crippen molar-refractivity contribution in [1.29, 1.82) is 0 Å². The van der Waals surface area contributed by atoms with Gasteiger partial charge in [0.05, 0.1) is 38.5 Å². The molecule has 7 nitrogen and oxygen atoms in total. The minimum Gasteiger partial charge on any atom is -0.306 e. The molecule has 2 N–H and O–H groups in total. The number of hydrogen-bond donors (Lipinski definition) is 2. The average Bonchev–Trinajstić information content (AvgIpc) is 2.90. The van der Waals surface area contributed by atoms with Gasteiger partial charge in [0, 0.05) is 24.4 Å². The number of alkyl halides is 9. The van der Waals surface area contributed by atoms with E-state index in [0.717, 1.165) is 18.2 Å². The molecule has 2 aromatic heterocycles. The van der Waals surface area contributed by atoms with Crippen LogP contribution < -0.4 is 10.3 Å². The van der Waals surface area contributed by atoms with Crippen LogP contribution in [0.1, 0.15) is 22.3 Å². The van der Waals surface area contributed by atoms with Crippen LogP contribution in [0.15, 0.2) is 70.5 Å². The number of rotatable bonds is 6. The lowest BCUT2D eigenvalue weighted by Gasteiger charge is -2.17. The van der Waals surface area contributed by atoms with E-state index in [1.165, 1.54) is 0 Å². The highest BCUT2D eigenvalue weighted by atomic mass is 32.2. The van der Waals surface area contributed by atoms with E-state index in [0.29, 0.717) is 42.6 Å². The molecule has 2 heterocycles. The number of nitrogens with one attached hydrogen (secondary N) is 2. The Morgan fingerprint density at radius 3 is 2.02 bits per heavy atom. The molecule has 0 radical (unpaired) electrons. The fourth-order valence-electron chi connectivity index (χ4n) is 3.83. The van der Waals surface area contributed by atoms with Crippen molar-refractivity contribution in [2.75, 3.05) is 0 Å². The topological polar surface area (TPSA) is 105 Å². The van der Waals surface area contributed by atoms with E-state index in [1.54, 1.807) is 4.72 Å². The number of nitrogens with zero attached hydrogens (tertiary/aromatic N) is 2. The van der Waals surface area contributed by atoms with Crippen molar-refractivity contribution in [2.24, 2.45) is 0 Å². The summed E-state index contributed by atoms with van der Waals surface area (Å²) in [5.74, 6) is -2.79. The zero-order valence-corrected chi connectivity index (χ0v) is 21.6. The second-order valence-electron chi connectivity index (χ2n) is 8.69. The molecule has 2 aromatic carbocycles. The molecular formula is C25H14F10N4O3S. The predicted octanol–water partition coefficient (Wildman–Crippen LogP) is 6.17. The van der Waals surface area contributed by atoms with Crippen LogP contribution >= 0.6 is 0 Å². The second-order valence-corrected chi connectivity index (χ2v) is 10.4. The number of aromatic nitrogens is 3. The van der Waals surface area contributed by atoms with E-state index in [1.807, 2.05) is 4.98 Å². The summed E-state index contributed by atoms with van der Waals surface area (Å²) in [5, 5.41) is 0. The minimum absolute atomic E-state index is 0.328. The molecule has 228 valence electrons. The second kappa shape index (κ2) is 11.1. The van der Waals surface area contributed by atoms with Gasteiger partial charge < -0.3 is 4.98 Å². The van der Waals surface area contributed by atoms with Crippen LogP contribution in [0.2, 0.25) is 0 Å². The first-order valence-electron chi connectivity index (χ1n) is 11.5. The molecule has 0 saturated carbocycles. The Balaban J connectivity index is 1.79. The quantitative estimate of drug-likeness (QED) is 0.245. The third kappa shape index (κ3) is 6.85. The number of hydrogen-bond acceptors (Lipinski definition) is 5. The molecule has 43 heavy (non-hydrogen) atoms. The summed E-state index contributed by atoms with van der Waals surface area (Å²) in [6.07, 6.45) is -14.8. The summed E-state index contributed by atoms with van der Waals surface area (Å²) < 4.78 is 163. The maximum absolute atomic E-state index is 15.6. The SMILES string of the molecule is O=c1cc(-c2ccc(C(F)(F)F)cn2)nc(-c2c(C(F)(F)F)ccc(CNS(=O)(=O)c3ccccc3C(F)(F)F)c2F)[nH]1. The van der Waals surface area contributed by atoms with Crippen LogP contribution in [0, 0.1) is 5.82 Å². The molecule has 0 aliphatic rings. The number of benzene rings is 2. The van der Waals surface area contributed by atoms with E-state index in [-0.39, 0.29) is 5.69 Å². The molecule has 4 rings (SSSR count). The molecule has 18 heteroatoms. The Kier molecular flexibility index (Phi) is 8.14. The molecule has 0 atom stereocenters. The van der Waals surface area contributed by atoms with Crippen LogP contribution in [0.3, 0.4) is 0 Å². The number of H-pyrrole nitrogens is 1. The Hall–Kier alpha value is -4.32. The van der Waals surface area contributed by atoms with Gasteiger partial charge in [-0.3, -0.25) is 9.78 Å². The first kappa shape index (κ1) is 31.6. The van der Waals surface area contributed by atoms with Crippen molar-refractivity contribution in [2.45, 2.75) is 30.0 Å². The third-order valence-electron chi connectivity index (χ3n) is 5.79. The molecule has 0 aliphatic heterocycles. The largest absolute Gasteiger partial charge is 0.417 e. The van der Waals surface area contributed by atoms with Crippen LogP contribution in [-0.2, 0) is 35.1 Å². The van der Waals surface area contributed by atoms with Crippen molar-refractivity contribution in [3.63, 3.8) is 0 Å². The van der Waals surface area contributed by atoms with E-state index < -0.39 is 90.7 Å². The lowest BCUT2D eigenvalue weighted by Crippen LogP contribution is -2.26.